The van der Waals surface area contributed by atoms with Gasteiger partial charge in [-0.2, -0.15) is 5.26 Å². The number of primary amides is 1. The van der Waals surface area contributed by atoms with Crippen molar-refractivity contribution in [3.8, 4) is 17.2 Å². The van der Waals surface area contributed by atoms with E-state index >= 15 is 0 Å². The summed E-state index contributed by atoms with van der Waals surface area (Å²) in [5.74, 6) is -0.419. The minimum atomic E-state index is -0.419. The smallest absolute Gasteiger partial charge is 0.251 e. The SMILES string of the molecule is CCCc1c(-c2ccc(C#N)cc2)c(C(N)=O)c(C)n1Cc1cccc(C)c1. The van der Waals surface area contributed by atoms with E-state index in [2.05, 4.69) is 48.7 Å². The van der Waals surface area contributed by atoms with Gasteiger partial charge >= 0.3 is 0 Å². The van der Waals surface area contributed by atoms with Crippen molar-refractivity contribution in [2.75, 3.05) is 0 Å². The van der Waals surface area contributed by atoms with Crippen LogP contribution in [0.5, 0.6) is 0 Å². The van der Waals surface area contributed by atoms with Crippen LogP contribution in [-0.4, -0.2) is 10.5 Å². The lowest BCUT2D eigenvalue weighted by molar-refractivity contribution is 0.1000. The number of nitriles is 1. The molecule has 1 heterocycles. The fourth-order valence-corrected chi connectivity index (χ4v) is 3.83. The third kappa shape index (κ3) is 3.70. The largest absolute Gasteiger partial charge is 0.366 e. The summed E-state index contributed by atoms with van der Waals surface area (Å²) in [6.45, 7) is 6.86. The normalized spacial score (nSPS) is 10.6. The molecule has 0 aliphatic rings. The van der Waals surface area contributed by atoms with Crippen molar-refractivity contribution in [3.05, 3.63) is 82.2 Å². The van der Waals surface area contributed by atoms with E-state index in [-0.39, 0.29) is 0 Å². The van der Waals surface area contributed by atoms with Crippen LogP contribution in [-0.2, 0) is 13.0 Å². The molecule has 28 heavy (non-hydrogen) atoms. The third-order valence-corrected chi connectivity index (χ3v) is 5.09. The molecule has 2 aromatic carbocycles. The second kappa shape index (κ2) is 8.14. The van der Waals surface area contributed by atoms with Crippen LogP contribution in [0.2, 0.25) is 0 Å². The number of aromatic nitrogens is 1. The maximum atomic E-state index is 12.4. The van der Waals surface area contributed by atoms with Gasteiger partial charge in [-0.3, -0.25) is 4.79 Å². The Hall–Kier alpha value is -3.32. The Morgan fingerprint density at radius 2 is 1.86 bits per heavy atom. The molecule has 0 aliphatic heterocycles. The number of carbonyl (C=O) groups excluding carboxylic acids is 1. The summed E-state index contributed by atoms with van der Waals surface area (Å²) in [6.07, 6.45) is 1.80. The fraction of sp³-hybridized carbons (Fsp3) is 0.250. The molecule has 0 spiro atoms. The van der Waals surface area contributed by atoms with E-state index in [0.29, 0.717) is 17.7 Å². The number of hydrogen-bond donors (Lipinski definition) is 1. The minimum Gasteiger partial charge on any atom is -0.366 e. The van der Waals surface area contributed by atoms with E-state index in [0.717, 1.165) is 35.4 Å². The van der Waals surface area contributed by atoms with Gasteiger partial charge in [-0.25, -0.2) is 0 Å². The lowest BCUT2D eigenvalue weighted by Crippen LogP contribution is -2.13. The van der Waals surface area contributed by atoms with Crippen molar-refractivity contribution in [1.82, 2.24) is 4.57 Å². The topological polar surface area (TPSA) is 71.8 Å². The lowest BCUT2D eigenvalue weighted by atomic mass is 9.97. The van der Waals surface area contributed by atoms with Crippen molar-refractivity contribution in [3.63, 3.8) is 0 Å². The predicted octanol–water partition coefficient (Wildman–Crippen LogP) is 4.74. The Bertz CT molecular complexity index is 1050. The number of amides is 1. The van der Waals surface area contributed by atoms with Crippen LogP contribution in [0, 0.1) is 25.2 Å². The highest BCUT2D eigenvalue weighted by Gasteiger charge is 2.24. The van der Waals surface area contributed by atoms with Crippen LogP contribution in [0.25, 0.3) is 11.1 Å². The molecule has 0 fully saturated rings. The Morgan fingerprint density at radius 3 is 2.43 bits per heavy atom. The molecule has 142 valence electrons. The zero-order valence-electron chi connectivity index (χ0n) is 16.6. The first-order valence-corrected chi connectivity index (χ1v) is 9.54. The monoisotopic (exact) mass is 371 g/mol. The number of rotatable bonds is 6. The summed E-state index contributed by atoms with van der Waals surface area (Å²) < 4.78 is 2.21. The Balaban J connectivity index is 2.22. The molecular formula is C24H25N3O. The Morgan fingerprint density at radius 1 is 1.14 bits per heavy atom. The molecule has 3 rings (SSSR count). The van der Waals surface area contributed by atoms with Crippen molar-refractivity contribution in [2.24, 2.45) is 5.73 Å². The summed E-state index contributed by atoms with van der Waals surface area (Å²) in [5, 5.41) is 9.09. The molecule has 2 N–H and O–H groups in total. The number of aryl methyl sites for hydroxylation is 1. The third-order valence-electron chi connectivity index (χ3n) is 5.09. The van der Waals surface area contributed by atoms with Gasteiger partial charge in [0.15, 0.2) is 0 Å². The summed E-state index contributed by atoms with van der Waals surface area (Å²) in [4.78, 5) is 12.4. The van der Waals surface area contributed by atoms with Crippen LogP contribution >= 0.6 is 0 Å². The van der Waals surface area contributed by atoms with E-state index in [1.165, 1.54) is 11.1 Å². The molecule has 1 aromatic heterocycles. The van der Waals surface area contributed by atoms with E-state index in [1.54, 1.807) is 12.1 Å². The van der Waals surface area contributed by atoms with Gasteiger partial charge in [0.05, 0.1) is 17.2 Å². The van der Waals surface area contributed by atoms with E-state index in [1.807, 2.05) is 19.1 Å². The Kier molecular flexibility index (Phi) is 5.65. The van der Waals surface area contributed by atoms with Crippen LogP contribution in [0.1, 0.15) is 51.8 Å². The molecule has 0 radical (unpaired) electrons. The summed E-state index contributed by atoms with van der Waals surface area (Å²) in [5.41, 5.74) is 13.2. The van der Waals surface area contributed by atoms with Gasteiger partial charge in [0.25, 0.3) is 5.91 Å². The van der Waals surface area contributed by atoms with Crippen molar-refractivity contribution < 1.29 is 4.79 Å². The molecule has 4 heteroatoms. The van der Waals surface area contributed by atoms with Gasteiger partial charge < -0.3 is 10.3 Å². The first kappa shape index (κ1) is 19.4. The van der Waals surface area contributed by atoms with Gasteiger partial charge in [0.2, 0.25) is 0 Å². The number of nitrogens with two attached hydrogens (primary N) is 1. The number of carbonyl (C=O) groups is 1. The standard InChI is InChI=1S/C24H25N3O/c1-4-6-21-23(20-11-9-18(14-25)10-12-20)22(24(26)28)17(3)27(21)15-19-8-5-7-16(2)13-19/h5,7-13H,4,6,15H2,1-3H3,(H2,26,28). The predicted molar refractivity (Wildman–Crippen MR) is 112 cm³/mol. The van der Waals surface area contributed by atoms with Gasteiger partial charge in [0, 0.05) is 23.5 Å². The summed E-state index contributed by atoms with van der Waals surface area (Å²) >= 11 is 0. The highest BCUT2D eigenvalue weighted by molar-refractivity contribution is 6.02. The van der Waals surface area contributed by atoms with E-state index in [9.17, 15) is 4.79 Å². The summed E-state index contributed by atoms with van der Waals surface area (Å²) in [7, 11) is 0. The lowest BCUT2D eigenvalue weighted by Gasteiger charge is -2.13. The maximum Gasteiger partial charge on any atom is 0.251 e. The second-order valence-electron chi connectivity index (χ2n) is 7.16. The fourth-order valence-electron chi connectivity index (χ4n) is 3.83. The van der Waals surface area contributed by atoms with Crippen LogP contribution in [0.15, 0.2) is 48.5 Å². The molecule has 1 amide bonds. The molecule has 0 saturated heterocycles. The van der Waals surface area contributed by atoms with Gasteiger partial charge in [-0.15, -0.1) is 0 Å². The van der Waals surface area contributed by atoms with Crippen LogP contribution in [0.4, 0.5) is 0 Å². The van der Waals surface area contributed by atoms with Gasteiger partial charge in [0.1, 0.15) is 0 Å². The molecule has 0 bridgehead atoms. The average Bonchev–Trinajstić information content (AvgIpc) is 2.94. The van der Waals surface area contributed by atoms with Gasteiger partial charge in [-0.05, 0) is 43.5 Å². The number of hydrogen-bond acceptors (Lipinski definition) is 2. The van der Waals surface area contributed by atoms with Gasteiger partial charge in [-0.1, -0.05) is 55.3 Å². The highest BCUT2D eigenvalue weighted by atomic mass is 16.1. The zero-order chi connectivity index (χ0) is 20.3. The second-order valence-corrected chi connectivity index (χ2v) is 7.16. The highest BCUT2D eigenvalue weighted by Crippen LogP contribution is 2.34. The molecule has 4 nitrogen and oxygen atoms in total. The zero-order valence-corrected chi connectivity index (χ0v) is 16.6. The van der Waals surface area contributed by atoms with E-state index in [4.69, 9.17) is 11.0 Å². The summed E-state index contributed by atoms with van der Waals surface area (Å²) in [6, 6.07) is 17.9. The Labute approximate surface area is 166 Å². The quantitative estimate of drug-likeness (QED) is 0.679. The van der Waals surface area contributed by atoms with Crippen molar-refractivity contribution in [1.29, 1.82) is 5.26 Å². The first-order valence-electron chi connectivity index (χ1n) is 9.54. The molecule has 3 aromatic rings. The minimum absolute atomic E-state index is 0.419. The number of benzene rings is 2. The number of nitrogens with zero attached hydrogens (tertiary/aromatic N) is 2. The molecule has 0 atom stereocenters. The van der Waals surface area contributed by atoms with Crippen molar-refractivity contribution >= 4 is 5.91 Å². The molecule has 0 saturated carbocycles. The van der Waals surface area contributed by atoms with Crippen molar-refractivity contribution in [2.45, 2.75) is 40.2 Å². The average molecular weight is 371 g/mol. The molecule has 0 unspecified atom stereocenters. The van der Waals surface area contributed by atoms with E-state index < -0.39 is 5.91 Å². The van der Waals surface area contributed by atoms with Crippen LogP contribution < -0.4 is 5.73 Å². The maximum absolute atomic E-state index is 12.4. The first-order chi connectivity index (χ1) is 13.5. The molecular weight excluding hydrogens is 346 g/mol. The van der Waals surface area contributed by atoms with Crippen LogP contribution in [0.3, 0.4) is 0 Å². The molecule has 0 aliphatic carbocycles.